The molecule has 0 radical (unpaired) electrons. The summed E-state index contributed by atoms with van der Waals surface area (Å²) in [5.41, 5.74) is 2.57. The van der Waals surface area contributed by atoms with E-state index >= 15 is 0 Å². The highest BCUT2D eigenvalue weighted by Gasteiger charge is 2.10. The van der Waals surface area contributed by atoms with Crippen LogP contribution < -0.4 is 5.32 Å². The number of H-pyrrole nitrogens is 1. The minimum absolute atomic E-state index is 0.0270. The fourth-order valence-electron chi connectivity index (χ4n) is 2.33. The summed E-state index contributed by atoms with van der Waals surface area (Å²) in [5, 5.41) is 8.12. The van der Waals surface area contributed by atoms with E-state index in [0.717, 1.165) is 17.2 Å². The first-order valence-corrected chi connectivity index (χ1v) is 7.63. The highest BCUT2D eigenvalue weighted by molar-refractivity contribution is 6.31. The summed E-state index contributed by atoms with van der Waals surface area (Å²) in [4.78, 5) is 7.50. The van der Waals surface area contributed by atoms with Crippen molar-refractivity contribution in [1.29, 1.82) is 0 Å². The zero-order valence-corrected chi connectivity index (χ0v) is 13.6. The third kappa shape index (κ3) is 3.71. The minimum Gasteiger partial charge on any atom is -0.373 e. The molecule has 0 saturated heterocycles. The lowest BCUT2D eigenvalue weighted by molar-refractivity contribution is 0.619. The summed E-state index contributed by atoms with van der Waals surface area (Å²) in [7, 11) is 0. The Balaban J connectivity index is 1.69. The molecule has 0 fully saturated rings. The van der Waals surface area contributed by atoms with Crippen LogP contribution in [0.4, 0.5) is 10.1 Å². The summed E-state index contributed by atoms with van der Waals surface area (Å²) in [6, 6.07) is 4.34. The van der Waals surface area contributed by atoms with Crippen LogP contribution in [0.5, 0.6) is 0 Å². The Hall–Kier alpha value is -2.34. The number of benzene rings is 1. The van der Waals surface area contributed by atoms with Crippen molar-refractivity contribution in [3.63, 3.8) is 0 Å². The number of aromatic amines is 1. The Morgan fingerprint density at radius 1 is 1.39 bits per heavy atom. The first-order valence-electron chi connectivity index (χ1n) is 7.25. The average molecular weight is 334 g/mol. The molecule has 0 saturated carbocycles. The molecule has 0 aliphatic rings. The van der Waals surface area contributed by atoms with E-state index in [2.05, 4.69) is 20.4 Å². The molecule has 2 heterocycles. The second-order valence-electron chi connectivity index (χ2n) is 5.48. The van der Waals surface area contributed by atoms with Crippen LogP contribution in [0.25, 0.3) is 0 Å². The van der Waals surface area contributed by atoms with Gasteiger partial charge in [-0.1, -0.05) is 11.6 Å². The molecule has 1 unspecified atom stereocenters. The number of imidazole rings is 1. The second-order valence-corrected chi connectivity index (χ2v) is 5.89. The molecular weight excluding hydrogens is 317 g/mol. The van der Waals surface area contributed by atoms with Crippen molar-refractivity contribution in [2.75, 3.05) is 5.32 Å². The molecule has 120 valence electrons. The minimum atomic E-state index is -0.309. The van der Waals surface area contributed by atoms with Crippen LogP contribution in [0.2, 0.25) is 5.02 Å². The van der Waals surface area contributed by atoms with E-state index < -0.39 is 0 Å². The predicted molar refractivity (Wildman–Crippen MR) is 88.1 cm³/mol. The van der Waals surface area contributed by atoms with Crippen LogP contribution in [0.15, 0.2) is 36.8 Å². The Labute approximate surface area is 138 Å². The third-order valence-corrected chi connectivity index (χ3v) is 3.86. The lowest BCUT2D eigenvalue weighted by atomic mass is 10.2. The number of nitrogens with one attached hydrogen (secondary N) is 2. The van der Waals surface area contributed by atoms with Crippen LogP contribution in [0.1, 0.15) is 30.0 Å². The average Bonchev–Trinajstić information content (AvgIpc) is 3.12. The number of rotatable bonds is 5. The first-order chi connectivity index (χ1) is 11.0. The van der Waals surface area contributed by atoms with E-state index in [1.807, 2.05) is 20.0 Å². The van der Waals surface area contributed by atoms with Crippen molar-refractivity contribution in [1.82, 2.24) is 19.7 Å². The van der Waals surface area contributed by atoms with Crippen LogP contribution in [0.3, 0.4) is 0 Å². The maximum Gasteiger partial charge on any atom is 0.128 e. The lowest BCUT2D eigenvalue weighted by Gasteiger charge is -2.10. The summed E-state index contributed by atoms with van der Waals surface area (Å²) in [6.45, 7) is 4.38. The van der Waals surface area contributed by atoms with Crippen LogP contribution >= 0.6 is 11.6 Å². The second kappa shape index (κ2) is 6.42. The van der Waals surface area contributed by atoms with E-state index in [1.54, 1.807) is 23.1 Å². The van der Waals surface area contributed by atoms with Crippen molar-refractivity contribution in [2.24, 2.45) is 0 Å². The normalized spacial score (nSPS) is 12.3. The molecule has 23 heavy (non-hydrogen) atoms. The summed E-state index contributed by atoms with van der Waals surface area (Å²) in [5.74, 6) is 0.556. The number of aromatic nitrogens is 4. The van der Waals surface area contributed by atoms with Crippen LogP contribution in [-0.2, 0) is 6.54 Å². The Morgan fingerprint density at radius 2 is 2.22 bits per heavy atom. The molecule has 7 heteroatoms. The van der Waals surface area contributed by atoms with Gasteiger partial charge in [0.15, 0.2) is 0 Å². The maximum absolute atomic E-state index is 13.3. The highest BCUT2D eigenvalue weighted by Crippen LogP contribution is 2.20. The summed E-state index contributed by atoms with van der Waals surface area (Å²) < 4.78 is 15.0. The van der Waals surface area contributed by atoms with Gasteiger partial charge < -0.3 is 10.3 Å². The fraction of sp³-hybridized carbons (Fsp3) is 0.250. The van der Waals surface area contributed by atoms with Crippen LogP contribution in [0, 0.1) is 12.7 Å². The van der Waals surface area contributed by atoms with Gasteiger partial charge in [0, 0.05) is 23.1 Å². The number of aryl methyl sites for hydroxylation is 1. The SMILES string of the molecule is Cc1cnc(C(C)Nc2cnn(Cc3cc(F)ccc3Cl)c2)[nH]1. The van der Waals surface area contributed by atoms with E-state index in [9.17, 15) is 4.39 Å². The molecule has 0 aliphatic carbocycles. The van der Waals surface area contributed by atoms with Gasteiger partial charge in [0.25, 0.3) is 0 Å². The number of hydrogen-bond donors (Lipinski definition) is 2. The molecule has 3 rings (SSSR count). The quantitative estimate of drug-likeness (QED) is 0.743. The first kappa shape index (κ1) is 15.6. The molecule has 3 aromatic rings. The molecule has 2 N–H and O–H groups in total. The number of anilines is 1. The molecule has 0 aliphatic heterocycles. The van der Waals surface area contributed by atoms with E-state index in [0.29, 0.717) is 17.1 Å². The van der Waals surface area contributed by atoms with Crippen molar-refractivity contribution < 1.29 is 4.39 Å². The highest BCUT2D eigenvalue weighted by atomic mass is 35.5. The maximum atomic E-state index is 13.3. The third-order valence-electron chi connectivity index (χ3n) is 3.49. The summed E-state index contributed by atoms with van der Waals surface area (Å²) >= 11 is 6.08. The van der Waals surface area contributed by atoms with Gasteiger partial charge in [-0.15, -0.1) is 0 Å². The standard InChI is InChI=1S/C16H17ClFN5/c1-10-6-19-16(21-10)11(2)22-14-7-20-23(9-14)8-12-5-13(18)3-4-15(12)17/h3-7,9,11,22H,8H2,1-2H3,(H,19,21). The van der Waals surface area contributed by atoms with Gasteiger partial charge in [-0.25, -0.2) is 9.37 Å². The van der Waals surface area contributed by atoms with E-state index in [1.165, 1.54) is 12.1 Å². The van der Waals surface area contributed by atoms with Crippen LogP contribution in [-0.4, -0.2) is 19.7 Å². The molecule has 0 spiro atoms. The number of nitrogens with zero attached hydrogens (tertiary/aromatic N) is 3. The fourth-order valence-corrected chi connectivity index (χ4v) is 2.51. The van der Waals surface area contributed by atoms with Gasteiger partial charge in [-0.2, -0.15) is 5.10 Å². The Kier molecular flexibility index (Phi) is 4.34. The number of halogens is 2. The molecule has 0 amide bonds. The largest absolute Gasteiger partial charge is 0.373 e. The van der Waals surface area contributed by atoms with E-state index in [4.69, 9.17) is 11.6 Å². The lowest BCUT2D eigenvalue weighted by Crippen LogP contribution is -2.08. The van der Waals surface area contributed by atoms with Crippen molar-refractivity contribution in [3.8, 4) is 0 Å². The Morgan fingerprint density at radius 3 is 2.96 bits per heavy atom. The number of hydrogen-bond acceptors (Lipinski definition) is 3. The predicted octanol–water partition coefficient (Wildman–Crippen LogP) is 3.93. The molecule has 1 atom stereocenters. The smallest absolute Gasteiger partial charge is 0.128 e. The van der Waals surface area contributed by atoms with Gasteiger partial charge in [-0.05, 0) is 37.6 Å². The molecular formula is C16H17ClFN5. The van der Waals surface area contributed by atoms with Gasteiger partial charge in [0.2, 0.25) is 0 Å². The molecule has 2 aromatic heterocycles. The Bertz CT molecular complexity index is 810. The molecule has 5 nitrogen and oxygen atoms in total. The van der Waals surface area contributed by atoms with Crippen molar-refractivity contribution >= 4 is 17.3 Å². The summed E-state index contributed by atoms with van der Waals surface area (Å²) in [6.07, 6.45) is 5.37. The van der Waals surface area contributed by atoms with E-state index in [-0.39, 0.29) is 11.9 Å². The van der Waals surface area contributed by atoms with Crippen molar-refractivity contribution in [2.45, 2.75) is 26.4 Å². The molecule has 1 aromatic carbocycles. The van der Waals surface area contributed by atoms with Gasteiger partial charge in [0.1, 0.15) is 11.6 Å². The van der Waals surface area contributed by atoms with Gasteiger partial charge >= 0.3 is 0 Å². The zero-order valence-electron chi connectivity index (χ0n) is 12.8. The van der Waals surface area contributed by atoms with Crippen molar-refractivity contribution in [3.05, 3.63) is 64.7 Å². The zero-order chi connectivity index (χ0) is 16.4. The topological polar surface area (TPSA) is 58.5 Å². The monoisotopic (exact) mass is 333 g/mol. The van der Waals surface area contributed by atoms with Gasteiger partial charge in [0.05, 0.1) is 24.5 Å². The van der Waals surface area contributed by atoms with Gasteiger partial charge in [-0.3, -0.25) is 4.68 Å². The molecule has 0 bridgehead atoms.